The Bertz CT molecular complexity index is 628. The molecule has 2 aliphatic rings. The molecule has 1 aliphatic heterocycles. The van der Waals surface area contributed by atoms with Crippen molar-refractivity contribution in [2.24, 2.45) is 5.92 Å². The van der Waals surface area contributed by atoms with Crippen molar-refractivity contribution in [1.29, 1.82) is 0 Å². The van der Waals surface area contributed by atoms with E-state index in [0.717, 1.165) is 18.4 Å². The van der Waals surface area contributed by atoms with Gasteiger partial charge in [-0.05, 0) is 44.7 Å². The standard InChI is InChI=1S/C20H28N2O3S/c1-3-25-21-18(23)17-13-26-20(16-7-5-4-6-8-16)22(17)19(24)15-11-9-14(2)10-12-15/h9-12,16-17,20H,3-8,13H2,1-2H3,(H,21,23)/t17-,20-/m0/s1. The van der Waals surface area contributed by atoms with Gasteiger partial charge in [0.2, 0.25) is 0 Å². The van der Waals surface area contributed by atoms with E-state index >= 15 is 0 Å². The number of nitrogens with zero attached hydrogens (tertiary/aromatic N) is 1. The van der Waals surface area contributed by atoms with Gasteiger partial charge in [-0.1, -0.05) is 37.0 Å². The van der Waals surface area contributed by atoms with Gasteiger partial charge in [-0.15, -0.1) is 11.8 Å². The molecule has 1 aromatic rings. The Morgan fingerprint density at radius 3 is 2.54 bits per heavy atom. The van der Waals surface area contributed by atoms with Crippen LogP contribution in [0.15, 0.2) is 24.3 Å². The quantitative estimate of drug-likeness (QED) is 0.799. The summed E-state index contributed by atoms with van der Waals surface area (Å²) >= 11 is 1.74. The van der Waals surface area contributed by atoms with E-state index in [1.165, 1.54) is 19.3 Å². The van der Waals surface area contributed by atoms with E-state index in [4.69, 9.17) is 4.84 Å². The van der Waals surface area contributed by atoms with E-state index in [1.807, 2.05) is 43.0 Å². The molecule has 0 aromatic heterocycles. The number of aryl methyl sites for hydroxylation is 1. The van der Waals surface area contributed by atoms with Gasteiger partial charge in [0.1, 0.15) is 6.04 Å². The van der Waals surface area contributed by atoms with Crippen molar-refractivity contribution < 1.29 is 14.4 Å². The van der Waals surface area contributed by atoms with Crippen LogP contribution in [-0.4, -0.2) is 40.5 Å². The number of hydroxylamine groups is 1. The van der Waals surface area contributed by atoms with Crippen molar-refractivity contribution >= 4 is 23.6 Å². The Kier molecular flexibility index (Phi) is 6.59. The average molecular weight is 377 g/mol. The van der Waals surface area contributed by atoms with Crippen molar-refractivity contribution in [3.8, 4) is 0 Å². The smallest absolute Gasteiger partial charge is 0.267 e. The first-order chi connectivity index (χ1) is 12.6. The first kappa shape index (κ1) is 19.2. The number of carbonyl (C=O) groups excluding carboxylic acids is 2. The molecule has 1 saturated carbocycles. The zero-order valence-corrected chi connectivity index (χ0v) is 16.4. The van der Waals surface area contributed by atoms with E-state index < -0.39 is 6.04 Å². The fourth-order valence-corrected chi connectivity index (χ4v) is 5.46. The van der Waals surface area contributed by atoms with Crippen LogP contribution in [0.3, 0.4) is 0 Å². The largest absolute Gasteiger partial charge is 0.313 e. The third-order valence-corrected chi connectivity index (χ3v) is 6.70. The molecule has 5 nitrogen and oxygen atoms in total. The van der Waals surface area contributed by atoms with Crippen molar-refractivity contribution in [2.45, 2.75) is 57.4 Å². The van der Waals surface area contributed by atoms with Crippen LogP contribution in [0.2, 0.25) is 0 Å². The maximum Gasteiger partial charge on any atom is 0.267 e. The SMILES string of the molecule is CCONC(=O)[C@@H]1CS[C@@H](C2CCCCC2)N1C(=O)c1ccc(C)cc1. The van der Waals surface area contributed by atoms with Gasteiger partial charge in [-0.25, -0.2) is 5.48 Å². The molecule has 0 unspecified atom stereocenters. The summed E-state index contributed by atoms with van der Waals surface area (Å²) in [5.41, 5.74) is 4.26. The normalized spacial score (nSPS) is 23.8. The lowest BCUT2D eigenvalue weighted by Crippen LogP contribution is -2.51. The lowest BCUT2D eigenvalue weighted by Gasteiger charge is -2.35. The van der Waals surface area contributed by atoms with Gasteiger partial charge in [-0.3, -0.25) is 14.4 Å². The highest BCUT2D eigenvalue weighted by atomic mass is 32.2. The van der Waals surface area contributed by atoms with Gasteiger partial charge in [0.15, 0.2) is 0 Å². The van der Waals surface area contributed by atoms with Crippen LogP contribution in [0.25, 0.3) is 0 Å². The highest BCUT2D eigenvalue weighted by Crippen LogP contribution is 2.41. The molecule has 1 saturated heterocycles. The Hall–Kier alpha value is -1.53. The summed E-state index contributed by atoms with van der Waals surface area (Å²) in [6, 6.07) is 7.13. The third-order valence-electron chi connectivity index (χ3n) is 5.24. The molecule has 6 heteroatoms. The van der Waals surface area contributed by atoms with Gasteiger partial charge in [0.05, 0.1) is 12.0 Å². The molecule has 1 N–H and O–H groups in total. The minimum atomic E-state index is -0.479. The van der Waals surface area contributed by atoms with E-state index in [-0.39, 0.29) is 17.2 Å². The summed E-state index contributed by atoms with van der Waals surface area (Å²) in [6.07, 6.45) is 5.96. The fourth-order valence-electron chi connectivity index (χ4n) is 3.83. The van der Waals surface area contributed by atoms with Crippen molar-refractivity contribution in [3.63, 3.8) is 0 Å². The minimum Gasteiger partial charge on any atom is -0.313 e. The molecule has 2 amide bonds. The Morgan fingerprint density at radius 1 is 1.19 bits per heavy atom. The minimum absolute atomic E-state index is 0.0535. The number of hydrogen-bond donors (Lipinski definition) is 1. The summed E-state index contributed by atoms with van der Waals surface area (Å²) in [5.74, 6) is 0.811. The van der Waals surface area contributed by atoms with Crippen molar-refractivity contribution in [3.05, 3.63) is 35.4 Å². The number of benzene rings is 1. The summed E-state index contributed by atoms with van der Waals surface area (Å²) in [7, 11) is 0. The second-order valence-electron chi connectivity index (χ2n) is 7.12. The lowest BCUT2D eigenvalue weighted by atomic mass is 9.88. The highest BCUT2D eigenvalue weighted by molar-refractivity contribution is 8.00. The molecule has 0 radical (unpaired) electrons. The average Bonchev–Trinajstić information content (AvgIpc) is 3.12. The van der Waals surface area contributed by atoms with Crippen LogP contribution in [0.4, 0.5) is 0 Å². The van der Waals surface area contributed by atoms with Crippen LogP contribution in [0.1, 0.15) is 54.9 Å². The van der Waals surface area contributed by atoms with E-state index in [1.54, 1.807) is 11.8 Å². The predicted molar refractivity (Wildman–Crippen MR) is 104 cm³/mol. The van der Waals surface area contributed by atoms with E-state index in [0.29, 0.717) is 23.8 Å². The molecule has 0 spiro atoms. The molecule has 1 heterocycles. The van der Waals surface area contributed by atoms with Gasteiger partial charge in [0.25, 0.3) is 11.8 Å². The van der Waals surface area contributed by atoms with Gasteiger partial charge in [0, 0.05) is 11.3 Å². The Morgan fingerprint density at radius 2 is 1.88 bits per heavy atom. The van der Waals surface area contributed by atoms with Gasteiger partial charge in [-0.2, -0.15) is 0 Å². The van der Waals surface area contributed by atoms with Crippen molar-refractivity contribution in [1.82, 2.24) is 10.4 Å². The zero-order chi connectivity index (χ0) is 18.5. The van der Waals surface area contributed by atoms with Crippen LogP contribution >= 0.6 is 11.8 Å². The van der Waals surface area contributed by atoms with Gasteiger partial charge < -0.3 is 4.90 Å². The van der Waals surface area contributed by atoms with E-state index in [9.17, 15) is 9.59 Å². The van der Waals surface area contributed by atoms with Crippen LogP contribution < -0.4 is 5.48 Å². The molecular formula is C20H28N2O3S. The molecule has 0 bridgehead atoms. The third kappa shape index (κ3) is 4.23. The number of hydrogen-bond acceptors (Lipinski definition) is 4. The zero-order valence-electron chi connectivity index (χ0n) is 15.6. The maximum atomic E-state index is 13.3. The first-order valence-electron chi connectivity index (χ1n) is 9.54. The first-order valence-corrected chi connectivity index (χ1v) is 10.6. The number of thioether (sulfide) groups is 1. The summed E-state index contributed by atoms with van der Waals surface area (Å²) in [6.45, 7) is 4.23. The molecule has 142 valence electrons. The predicted octanol–water partition coefficient (Wildman–Crippen LogP) is 3.53. The van der Waals surface area contributed by atoms with Crippen molar-refractivity contribution in [2.75, 3.05) is 12.4 Å². The number of nitrogens with one attached hydrogen (secondary N) is 1. The number of rotatable bonds is 5. The fraction of sp³-hybridized carbons (Fsp3) is 0.600. The second kappa shape index (κ2) is 8.91. The van der Waals surface area contributed by atoms with Gasteiger partial charge >= 0.3 is 0 Å². The van der Waals surface area contributed by atoms with Crippen LogP contribution in [0, 0.1) is 12.8 Å². The molecule has 26 heavy (non-hydrogen) atoms. The number of amides is 2. The van der Waals surface area contributed by atoms with E-state index in [2.05, 4.69) is 5.48 Å². The molecule has 2 atom stereocenters. The molecule has 1 aromatic carbocycles. The Labute approximate surface area is 159 Å². The molecule has 2 fully saturated rings. The monoisotopic (exact) mass is 376 g/mol. The Balaban J connectivity index is 1.84. The van der Waals surface area contributed by atoms with Crippen LogP contribution in [0.5, 0.6) is 0 Å². The summed E-state index contributed by atoms with van der Waals surface area (Å²) in [5, 5.41) is 0.0708. The summed E-state index contributed by atoms with van der Waals surface area (Å²) < 4.78 is 0. The number of carbonyl (C=O) groups is 2. The van der Waals surface area contributed by atoms with Crippen LogP contribution in [-0.2, 0) is 9.63 Å². The lowest BCUT2D eigenvalue weighted by molar-refractivity contribution is -0.137. The maximum absolute atomic E-state index is 13.3. The molecule has 3 rings (SSSR count). The highest BCUT2D eigenvalue weighted by Gasteiger charge is 2.45. The molecular weight excluding hydrogens is 348 g/mol. The summed E-state index contributed by atoms with van der Waals surface area (Å²) in [4.78, 5) is 32.8. The topological polar surface area (TPSA) is 58.6 Å². The molecule has 1 aliphatic carbocycles. The second-order valence-corrected chi connectivity index (χ2v) is 8.27.